The molecule has 3 aromatic carbocycles. The largest absolute Gasteiger partial charge is 0.495 e. The summed E-state index contributed by atoms with van der Waals surface area (Å²) in [6, 6.07) is 14.3. The Kier molecular flexibility index (Phi) is 4.94. The maximum atomic E-state index is 13.2. The normalized spacial score (nSPS) is 10.9. The number of aryl methyl sites for hydroxylation is 1. The zero-order chi connectivity index (χ0) is 20.5. The van der Waals surface area contributed by atoms with Crippen molar-refractivity contribution < 1.29 is 18.4 Å². The van der Waals surface area contributed by atoms with Gasteiger partial charge >= 0.3 is 0 Å². The first-order valence-electron chi connectivity index (χ1n) is 8.77. The predicted molar refractivity (Wildman–Crippen MR) is 110 cm³/mol. The Morgan fingerprint density at radius 2 is 1.90 bits per heavy atom. The number of fused-ring (bicyclic) bond motifs is 1. The minimum absolute atomic E-state index is 0.321. The van der Waals surface area contributed by atoms with Gasteiger partial charge in [-0.15, -0.1) is 0 Å². The molecule has 7 heteroatoms. The Bertz CT molecular complexity index is 1220. The van der Waals surface area contributed by atoms with Crippen LogP contribution in [0.1, 0.15) is 15.9 Å². The lowest BCUT2D eigenvalue weighted by Crippen LogP contribution is -2.12. The van der Waals surface area contributed by atoms with Crippen LogP contribution in [0.25, 0.3) is 22.2 Å². The van der Waals surface area contributed by atoms with E-state index >= 15 is 0 Å². The van der Waals surface area contributed by atoms with Crippen LogP contribution in [0.15, 0.2) is 59.1 Å². The molecule has 0 unspecified atom stereocenters. The summed E-state index contributed by atoms with van der Waals surface area (Å²) in [6.45, 7) is 1.84. The van der Waals surface area contributed by atoms with E-state index in [0.717, 1.165) is 5.56 Å². The molecule has 0 spiro atoms. The van der Waals surface area contributed by atoms with Gasteiger partial charge in [0.25, 0.3) is 5.91 Å². The second kappa shape index (κ2) is 7.56. The van der Waals surface area contributed by atoms with Crippen molar-refractivity contribution >= 4 is 34.1 Å². The fourth-order valence-corrected chi connectivity index (χ4v) is 3.17. The van der Waals surface area contributed by atoms with Crippen LogP contribution in [0.3, 0.4) is 0 Å². The summed E-state index contributed by atoms with van der Waals surface area (Å²) < 4.78 is 23.9. The molecule has 0 bridgehead atoms. The highest BCUT2D eigenvalue weighted by atomic mass is 35.5. The van der Waals surface area contributed by atoms with E-state index in [1.54, 1.807) is 42.5 Å². The second-order valence-electron chi connectivity index (χ2n) is 6.51. The summed E-state index contributed by atoms with van der Waals surface area (Å²) in [7, 11) is 1.51. The average molecular weight is 411 g/mol. The maximum Gasteiger partial charge on any atom is 0.255 e. The van der Waals surface area contributed by atoms with Gasteiger partial charge in [-0.05, 0) is 61.0 Å². The summed E-state index contributed by atoms with van der Waals surface area (Å²) >= 11 is 6.12. The lowest BCUT2D eigenvalue weighted by atomic mass is 10.1. The number of carbonyl (C=O) groups excluding carboxylic acids is 1. The standard InChI is InChI=1S/C22H16ClFN2O3/c1-12-9-19(20(28-2)11-17(12)23)25-22(27)14-5-8-18-16(10-14)21(29-26-18)13-3-6-15(24)7-4-13/h3-11H,1-2H3,(H,25,27). The number of hydrogen-bond donors (Lipinski definition) is 1. The van der Waals surface area contributed by atoms with Gasteiger partial charge in [0.05, 0.1) is 18.2 Å². The van der Waals surface area contributed by atoms with Crippen LogP contribution >= 0.6 is 11.6 Å². The number of methoxy groups -OCH3 is 1. The number of amides is 1. The molecule has 4 rings (SSSR count). The lowest BCUT2D eigenvalue weighted by molar-refractivity contribution is 0.102. The number of nitrogens with zero attached hydrogens (tertiary/aromatic N) is 1. The molecule has 0 fully saturated rings. The summed E-state index contributed by atoms with van der Waals surface area (Å²) in [6.07, 6.45) is 0. The highest BCUT2D eigenvalue weighted by Gasteiger charge is 2.16. The molecule has 0 aliphatic heterocycles. The first-order chi connectivity index (χ1) is 14.0. The third-order valence-corrected chi connectivity index (χ3v) is 4.98. The van der Waals surface area contributed by atoms with Crippen LogP contribution in [0, 0.1) is 12.7 Å². The van der Waals surface area contributed by atoms with Gasteiger partial charge in [-0.1, -0.05) is 16.8 Å². The highest BCUT2D eigenvalue weighted by molar-refractivity contribution is 6.31. The predicted octanol–water partition coefficient (Wildman–Crippen LogP) is 5.86. The van der Waals surface area contributed by atoms with Gasteiger partial charge in [0.15, 0.2) is 5.76 Å². The molecule has 146 valence electrons. The van der Waals surface area contributed by atoms with Crippen LogP contribution in [0.5, 0.6) is 5.75 Å². The quantitative estimate of drug-likeness (QED) is 0.458. The molecule has 1 aromatic heterocycles. The number of ether oxygens (including phenoxy) is 1. The van der Waals surface area contributed by atoms with Crippen LogP contribution in [-0.2, 0) is 0 Å². The van der Waals surface area contributed by atoms with E-state index in [0.29, 0.717) is 44.2 Å². The SMILES string of the molecule is COc1cc(Cl)c(C)cc1NC(=O)c1ccc2noc(-c3ccc(F)cc3)c2c1. The van der Waals surface area contributed by atoms with E-state index in [2.05, 4.69) is 10.5 Å². The number of anilines is 1. The lowest BCUT2D eigenvalue weighted by Gasteiger charge is -2.12. The van der Waals surface area contributed by atoms with Gasteiger partial charge in [0.2, 0.25) is 0 Å². The van der Waals surface area contributed by atoms with E-state index in [9.17, 15) is 9.18 Å². The van der Waals surface area contributed by atoms with Crippen molar-refractivity contribution in [1.29, 1.82) is 0 Å². The molecule has 29 heavy (non-hydrogen) atoms. The molecule has 0 atom stereocenters. The Labute approximate surface area is 171 Å². The first-order valence-corrected chi connectivity index (χ1v) is 9.15. The number of rotatable bonds is 4. The zero-order valence-electron chi connectivity index (χ0n) is 15.6. The number of benzene rings is 3. The minimum atomic E-state index is -0.343. The van der Waals surface area contributed by atoms with Crippen LogP contribution < -0.4 is 10.1 Å². The molecule has 1 heterocycles. The molecule has 5 nitrogen and oxygen atoms in total. The minimum Gasteiger partial charge on any atom is -0.495 e. The molecular formula is C22H16ClFN2O3. The van der Waals surface area contributed by atoms with E-state index in [-0.39, 0.29) is 11.7 Å². The monoisotopic (exact) mass is 410 g/mol. The fraction of sp³-hybridized carbons (Fsp3) is 0.0909. The molecule has 4 aromatic rings. The third kappa shape index (κ3) is 3.67. The summed E-state index contributed by atoms with van der Waals surface area (Å²) in [5.74, 6) is 0.268. The van der Waals surface area contributed by atoms with E-state index in [4.69, 9.17) is 20.9 Å². The van der Waals surface area contributed by atoms with Crippen molar-refractivity contribution in [1.82, 2.24) is 5.16 Å². The van der Waals surface area contributed by atoms with Gasteiger partial charge in [-0.25, -0.2) is 4.39 Å². The van der Waals surface area contributed by atoms with E-state index in [1.807, 2.05) is 6.92 Å². The van der Waals surface area contributed by atoms with Crippen molar-refractivity contribution in [2.45, 2.75) is 6.92 Å². The van der Waals surface area contributed by atoms with Gasteiger partial charge in [0.1, 0.15) is 17.1 Å². The van der Waals surface area contributed by atoms with Gasteiger partial charge in [0, 0.05) is 22.2 Å². The Morgan fingerprint density at radius 1 is 1.14 bits per heavy atom. The number of carbonyl (C=O) groups is 1. The summed E-state index contributed by atoms with van der Waals surface area (Å²) in [4.78, 5) is 12.8. The van der Waals surface area contributed by atoms with Crippen molar-refractivity contribution in [2.75, 3.05) is 12.4 Å². The van der Waals surface area contributed by atoms with Gasteiger partial charge < -0.3 is 14.6 Å². The van der Waals surface area contributed by atoms with Gasteiger partial charge in [-0.3, -0.25) is 4.79 Å². The van der Waals surface area contributed by atoms with Crippen molar-refractivity contribution in [3.63, 3.8) is 0 Å². The molecule has 0 aliphatic rings. The van der Waals surface area contributed by atoms with Crippen molar-refractivity contribution in [3.8, 4) is 17.1 Å². The summed E-state index contributed by atoms with van der Waals surface area (Å²) in [5, 5.41) is 8.07. The maximum absolute atomic E-state index is 13.2. The van der Waals surface area contributed by atoms with E-state index < -0.39 is 0 Å². The molecule has 1 amide bonds. The molecule has 1 N–H and O–H groups in total. The Balaban J connectivity index is 1.69. The van der Waals surface area contributed by atoms with E-state index in [1.165, 1.54) is 19.2 Å². The number of nitrogens with one attached hydrogen (secondary N) is 1. The van der Waals surface area contributed by atoms with Gasteiger partial charge in [-0.2, -0.15) is 0 Å². The molecule has 0 aliphatic carbocycles. The van der Waals surface area contributed by atoms with Crippen LogP contribution in [-0.4, -0.2) is 18.2 Å². The molecule has 0 saturated heterocycles. The number of aromatic nitrogens is 1. The Morgan fingerprint density at radius 3 is 2.62 bits per heavy atom. The number of hydrogen-bond acceptors (Lipinski definition) is 4. The smallest absolute Gasteiger partial charge is 0.255 e. The van der Waals surface area contributed by atoms with Crippen LogP contribution in [0.2, 0.25) is 5.02 Å². The fourth-order valence-electron chi connectivity index (χ4n) is 3.02. The van der Waals surface area contributed by atoms with Crippen molar-refractivity contribution in [2.24, 2.45) is 0 Å². The molecule has 0 saturated carbocycles. The van der Waals surface area contributed by atoms with Crippen molar-refractivity contribution in [3.05, 3.63) is 76.6 Å². The molecular weight excluding hydrogens is 395 g/mol. The van der Waals surface area contributed by atoms with Crippen LogP contribution in [0.4, 0.5) is 10.1 Å². The number of halogens is 2. The zero-order valence-corrected chi connectivity index (χ0v) is 16.4. The summed E-state index contributed by atoms with van der Waals surface area (Å²) in [5.41, 5.74) is 3.01. The first kappa shape index (κ1) is 19.0. The topological polar surface area (TPSA) is 64.4 Å². The average Bonchev–Trinajstić information content (AvgIpc) is 3.14. The Hall–Kier alpha value is -3.38. The molecule has 0 radical (unpaired) electrons. The highest BCUT2D eigenvalue weighted by Crippen LogP contribution is 2.32. The third-order valence-electron chi connectivity index (χ3n) is 4.57. The second-order valence-corrected chi connectivity index (χ2v) is 6.91.